The summed E-state index contributed by atoms with van der Waals surface area (Å²) in [6.45, 7) is 12.5. The predicted molar refractivity (Wildman–Crippen MR) is 102 cm³/mol. The first kappa shape index (κ1) is 19.0. The molecule has 3 heteroatoms. The van der Waals surface area contributed by atoms with Crippen LogP contribution in [0.5, 0.6) is 5.75 Å². The molecule has 1 atom stereocenters. The second-order valence-corrected chi connectivity index (χ2v) is 7.80. The maximum absolute atomic E-state index is 11.7. The Morgan fingerprint density at radius 1 is 1.04 bits per heavy atom. The number of hydrogen-bond donors (Lipinski definition) is 1. The van der Waals surface area contributed by atoms with Gasteiger partial charge in [0, 0.05) is 6.42 Å². The van der Waals surface area contributed by atoms with Crippen molar-refractivity contribution < 1.29 is 14.6 Å². The molecule has 0 heterocycles. The molecule has 25 heavy (non-hydrogen) atoms. The summed E-state index contributed by atoms with van der Waals surface area (Å²) in [6.07, 6.45) is -0.547. The highest BCUT2D eigenvalue weighted by Gasteiger charge is 2.22. The van der Waals surface area contributed by atoms with Crippen molar-refractivity contribution in [2.24, 2.45) is 0 Å². The summed E-state index contributed by atoms with van der Waals surface area (Å²) in [5.74, 6) is -0.359. The molecule has 0 spiro atoms. The van der Waals surface area contributed by atoms with E-state index in [2.05, 4.69) is 32.9 Å². The molecule has 3 nitrogen and oxygen atoms in total. The molecule has 134 valence electrons. The lowest BCUT2D eigenvalue weighted by Crippen LogP contribution is -2.30. The van der Waals surface area contributed by atoms with E-state index in [4.69, 9.17) is 4.74 Å². The number of aryl methyl sites for hydroxylation is 3. The van der Waals surface area contributed by atoms with Crippen molar-refractivity contribution in [2.75, 3.05) is 0 Å². The molecule has 0 saturated heterocycles. The van der Waals surface area contributed by atoms with Crippen LogP contribution >= 0.6 is 0 Å². The number of hydrogen-bond acceptors (Lipinski definition) is 2. The van der Waals surface area contributed by atoms with Crippen LogP contribution in [0.2, 0.25) is 0 Å². The van der Waals surface area contributed by atoms with E-state index in [0.29, 0.717) is 12.2 Å². The minimum atomic E-state index is -0.945. The Bertz CT molecular complexity index is 729. The van der Waals surface area contributed by atoms with Crippen molar-refractivity contribution in [3.8, 4) is 5.75 Å². The second-order valence-electron chi connectivity index (χ2n) is 7.80. The lowest BCUT2D eigenvalue weighted by Gasteiger charge is -2.21. The monoisotopic (exact) mass is 340 g/mol. The largest absolute Gasteiger partial charge is 0.478 e. The topological polar surface area (TPSA) is 46.5 Å². The molecular weight excluding hydrogens is 312 g/mol. The van der Waals surface area contributed by atoms with Crippen LogP contribution in [-0.2, 0) is 16.6 Å². The second kappa shape index (κ2) is 7.30. The van der Waals surface area contributed by atoms with Gasteiger partial charge in [-0.2, -0.15) is 0 Å². The smallest absolute Gasteiger partial charge is 0.345 e. The molecule has 0 saturated carbocycles. The van der Waals surface area contributed by atoms with Gasteiger partial charge in [-0.15, -0.1) is 0 Å². The number of rotatable bonds is 5. The zero-order chi connectivity index (χ0) is 18.8. The third-order valence-electron chi connectivity index (χ3n) is 4.50. The molecular formula is C22H28O3. The predicted octanol–water partition coefficient (Wildman–Crippen LogP) is 4.98. The van der Waals surface area contributed by atoms with E-state index >= 15 is 0 Å². The molecule has 0 amide bonds. The normalized spacial score (nSPS) is 12.7. The van der Waals surface area contributed by atoms with Crippen molar-refractivity contribution >= 4 is 5.97 Å². The highest BCUT2D eigenvalue weighted by atomic mass is 16.5. The quantitative estimate of drug-likeness (QED) is 0.834. The maximum Gasteiger partial charge on any atom is 0.345 e. The first-order valence-corrected chi connectivity index (χ1v) is 8.64. The van der Waals surface area contributed by atoms with Gasteiger partial charge in [0.25, 0.3) is 0 Å². The third-order valence-corrected chi connectivity index (χ3v) is 4.50. The highest BCUT2D eigenvalue weighted by Crippen LogP contribution is 2.26. The average Bonchev–Trinajstić information content (AvgIpc) is 2.48. The summed E-state index contributed by atoms with van der Waals surface area (Å²) in [7, 11) is 0. The van der Waals surface area contributed by atoms with Crippen LogP contribution in [0.25, 0.3) is 0 Å². The zero-order valence-corrected chi connectivity index (χ0v) is 16.0. The van der Waals surface area contributed by atoms with E-state index in [9.17, 15) is 9.90 Å². The Hall–Kier alpha value is -2.29. The van der Waals surface area contributed by atoms with Crippen molar-refractivity contribution in [3.63, 3.8) is 0 Å². The minimum Gasteiger partial charge on any atom is -0.478 e. The summed E-state index contributed by atoms with van der Waals surface area (Å²) in [5.41, 5.74) is 5.69. The van der Waals surface area contributed by atoms with Gasteiger partial charge in [0.1, 0.15) is 5.75 Å². The SMILES string of the molecule is Cc1cc(C)c(C[C@@H](Oc2ccc(C(C)(C)C)cc2)C(=O)O)c(C)c1. The Balaban J connectivity index is 2.21. The van der Waals surface area contributed by atoms with Gasteiger partial charge in [-0.25, -0.2) is 4.79 Å². The van der Waals surface area contributed by atoms with E-state index in [-0.39, 0.29) is 5.41 Å². The molecule has 0 aliphatic carbocycles. The fraction of sp³-hybridized carbons (Fsp3) is 0.409. The van der Waals surface area contributed by atoms with Gasteiger partial charge < -0.3 is 9.84 Å². The summed E-state index contributed by atoms with van der Waals surface area (Å²) in [5, 5.41) is 9.59. The molecule has 1 N–H and O–H groups in total. The van der Waals surface area contributed by atoms with Gasteiger partial charge in [0.2, 0.25) is 0 Å². The summed E-state index contributed by atoms with van der Waals surface area (Å²) in [4.78, 5) is 11.7. The Morgan fingerprint density at radius 2 is 1.56 bits per heavy atom. The molecule has 0 aromatic heterocycles. The number of carboxylic acids is 1. The van der Waals surface area contributed by atoms with Crippen molar-refractivity contribution in [3.05, 3.63) is 64.2 Å². The number of carboxylic acid groups (broad SMARTS) is 1. The van der Waals surface area contributed by atoms with E-state index < -0.39 is 12.1 Å². The summed E-state index contributed by atoms with van der Waals surface area (Å²) < 4.78 is 5.79. The minimum absolute atomic E-state index is 0.0564. The lowest BCUT2D eigenvalue weighted by molar-refractivity contribution is -0.145. The number of ether oxygens (including phenoxy) is 1. The van der Waals surface area contributed by atoms with Crippen LogP contribution in [0.1, 0.15) is 48.6 Å². The van der Waals surface area contributed by atoms with E-state index in [1.54, 1.807) is 0 Å². The summed E-state index contributed by atoms with van der Waals surface area (Å²) >= 11 is 0. The molecule has 2 aromatic carbocycles. The standard InChI is InChI=1S/C22H28O3/c1-14-11-15(2)19(16(3)12-14)13-20(21(23)24)25-18-9-7-17(8-10-18)22(4,5)6/h7-12,20H,13H2,1-6H3,(H,23,24)/t20-/m1/s1. The molecule has 2 rings (SSSR count). The number of benzene rings is 2. The average molecular weight is 340 g/mol. The molecule has 0 fully saturated rings. The number of carbonyl (C=O) groups is 1. The molecule has 0 radical (unpaired) electrons. The van der Waals surface area contributed by atoms with Gasteiger partial charge in [-0.05, 0) is 60.6 Å². The third kappa shape index (κ3) is 4.85. The van der Waals surface area contributed by atoms with Gasteiger partial charge in [0.15, 0.2) is 6.10 Å². The maximum atomic E-state index is 11.7. The molecule has 0 aliphatic rings. The van der Waals surface area contributed by atoms with E-state index in [1.165, 1.54) is 11.1 Å². The van der Waals surface area contributed by atoms with Gasteiger partial charge in [0.05, 0.1) is 0 Å². The van der Waals surface area contributed by atoms with Crippen LogP contribution < -0.4 is 4.74 Å². The molecule has 0 aliphatic heterocycles. The fourth-order valence-electron chi connectivity index (χ4n) is 3.09. The van der Waals surface area contributed by atoms with Crippen molar-refractivity contribution in [2.45, 2.75) is 59.5 Å². The molecule has 0 unspecified atom stereocenters. The number of aliphatic carboxylic acids is 1. The Labute approximate surface area is 150 Å². The first-order valence-electron chi connectivity index (χ1n) is 8.64. The fourth-order valence-corrected chi connectivity index (χ4v) is 3.09. The summed E-state index contributed by atoms with van der Waals surface area (Å²) in [6, 6.07) is 11.9. The molecule has 0 bridgehead atoms. The zero-order valence-electron chi connectivity index (χ0n) is 16.0. The Morgan fingerprint density at radius 3 is 2.00 bits per heavy atom. The van der Waals surface area contributed by atoms with Gasteiger partial charge in [-0.1, -0.05) is 50.6 Å². The highest BCUT2D eigenvalue weighted by molar-refractivity contribution is 5.73. The van der Waals surface area contributed by atoms with Crippen LogP contribution in [0.15, 0.2) is 36.4 Å². The van der Waals surface area contributed by atoms with Crippen molar-refractivity contribution in [1.29, 1.82) is 0 Å². The lowest BCUT2D eigenvalue weighted by atomic mass is 9.87. The van der Waals surface area contributed by atoms with Gasteiger partial charge in [-0.3, -0.25) is 0 Å². The van der Waals surface area contributed by atoms with Crippen LogP contribution in [-0.4, -0.2) is 17.2 Å². The Kier molecular flexibility index (Phi) is 5.56. The van der Waals surface area contributed by atoms with Gasteiger partial charge >= 0.3 is 5.97 Å². The molecule has 2 aromatic rings. The van der Waals surface area contributed by atoms with E-state index in [1.807, 2.05) is 45.0 Å². The van der Waals surface area contributed by atoms with Crippen LogP contribution in [0.3, 0.4) is 0 Å². The van der Waals surface area contributed by atoms with Crippen LogP contribution in [0, 0.1) is 20.8 Å². The first-order chi connectivity index (χ1) is 11.6. The van der Waals surface area contributed by atoms with E-state index in [0.717, 1.165) is 16.7 Å². The van der Waals surface area contributed by atoms with Crippen molar-refractivity contribution in [1.82, 2.24) is 0 Å². The van der Waals surface area contributed by atoms with Crippen LogP contribution in [0.4, 0.5) is 0 Å².